The lowest BCUT2D eigenvalue weighted by molar-refractivity contribution is -0.140. The summed E-state index contributed by atoms with van der Waals surface area (Å²) in [5.41, 5.74) is 0. The van der Waals surface area contributed by atoms with Crippen molar-refractivity contribution < 1.29 is 9.53 Å². The van der Waals surface area contributed by atoms with Gasteiger partial charge in [0.2, 0.25) is 0 Å². The quantitative estimate of drug-likeness (QED) is 0.265. The molecule has 0 heterocycles. The fourth-order valence-electron chi connectivity index (χ4n) is 3.16. The summed E-state index contributed by atoms with van der Waals surface area (Å²) in [4.78, 5) is 15.2. The summed E-state index contributed by atoms with van der Waals surface area (Å²) in [5, 5.41) is 6.70. The third-order valence-electron chi connectivity index (χ3n) is 4.61. The second kappa shape index (κ2) is 13.2. The van der Waals surface area contributed by atoms with Crippen LogP contribution in [0, 0.1) is 5.92 Å². The van der Waals surface area contributed by atoms with Crippen molar-refractivity contribution in [2.24, 2.45) is 10.9 Å². The molecule has 0 spiro atoms. The topological polar surface area (TPSA) is 62.7 Å². The first-order valence-corrected chi connectivity index (χ1v) is 9.27. The maximum atomic E-state index is 11.0. The molecule has 0 bridgehead atoms. The van der Waals surface area contributed by atoms with Crippen LogP contribution in [0.3, 0.4) is 0 Å². The third kappa shape index (κ3) is 10.2. The summed E-state index contributed by atoms with van der Waals surface area (Å²) >= 11 is 0. The number of rotatable bonds is 11. The van der Waals surface area contributed by atoms with Crippen molar-refractivity contribution in [1.29, 1.82) is 0 Å². The SMILES string of the molecule is CN=C(NCCCCCC(=O)OC)NCCCCC1CCCC1. The van der Waals surface area contributed by atoms with E-state index in [1.54, 1.807) is 0 Å². The van der Waals surface area contributed by atoms with Crippen molar-refractivity contribution in [3.05, 3.63) is 0 Å². The van der Waals surface area contributed by atoms with E-state index in [0.717, 1.165) is 44.2 Å². The van der Waals surface area contributed by atoms with Gasteiger partial charge in [0, 0.05) is 26.6 Å². The van der Waals surface area contributed by atoms with Gasteiger partial charge in [0.05, 0.1) is 7.11 Å². The molecule has 5 heteroatoms. The zero-order valence-electron chi connectivity index (χ0n) is 15.0. The largest absolute Gasteiger partial charge is 0.469 e. The number of nitrogens with one attached hydrogen (secondary N) is 2. The molecule has 23 heavy (non-hydrogen) atoms. The van der Waals surface area contributed by atoms with Crippen LogP contribution >= 0.6 is 0 Å². The number of aliphatic imine (C=N–C) groups is 1. The van der Waals surface area contributed by atoms with Gasteiger partial charge < -0.3 is 15.4 Å². The second-order valence-corrected chi connectivity index (χ2v) is 6.46. The van der Waals surface area contributed by atoms with Gasteiger partial charge in [-0.25, -0.2) is 0 Å². The van der Waals surface area contributed by atoms with E-state index in [9.17, 15) is 4.79 Å². The number of hydrogen-bond acceptors (Lipinski definition) is 3. The molecule has 0 aliphatic heterocycles. The van der Waals surface area contributed by atoms with Crippen LogP contribution < -0.4 is 10.6 Å². The van der Waals surface area contributed by atoms with Gasteiger partial charge in [-0.05, 0) is 25.2 Å². The summed E-state index contributed by atoms with van der Waals surface area (Å²) in [6.45, 7) is 1.89. The Bertz CT molecular complexity index is 339. The zero-order valence-corrected chi connectivity index (χ0v) is 15.0. The minimum absolute atomic E-state index is 0.118. The first-order chi connectivity index (χ1) is 11.3. The zero-order chi connectivity index (χ0) is 16.8. The van der Waals surface area contributed by atoms with Crippen LogP contribution in [0.5, 0.6) is 0 Å². The van der Waals surface area contributed by atoms with Gasteiger partial charge in [-0.2, -0.15) is 0 Å². The monoisotopic (exact) mass is 325 g/mol. The van der Waals surface area contributed by atoms with E-state index in [-0.39, 0.29) is 5.97 Å². The number of ether oxygens (including phenoxy) is 1. The highest BCUT2D eigenvalue weighted by Gasteiger charge is 2.13. The van der Waals surface area contributed by atoms with E-state index in [2.05, 4.69) is 20.4 Å². The average Bonchev–Trinajstić information content (AvgIpc) is 3.08. The molecule has 1 saturated carbocycles. The van der Waals surface area contributed by atoms with Crippen LogP contribution in [0.15, 0.2) is 4.99 Å². The summed E-state index contributed by atoms with van der Waals surface area (Å²) in [6, 6.07) is 0. The van der Waals surface area contributed by atoms with Crippen molar-refractivity contribution in [2.45, 2.75) is 70.6 Å². The molecule has 0 aromatic carbocycles. The number of esters is 1. The molecule has 0 aromatic rings. The van der Waals surface area contributed by atoms with Crippen LogP contribution in [0.2, 0.25) is 0 Å². The minimum atomic E-state index is -0.118. The summed E-state index contributed by atoms with van der Waals surface area (Å²) < 4.78 is 4.63. The highest BCUT2D eigenvalue weighted by molar-refractivity contribution is 5.79. The Morgan fingerprint density at radius 1 is 1.04 bits per heavy atom. The summed E-state index contributed by atoms with van der Waals surface area (Å²) in [5.74, 6) is 1.77. The predicted octanol–water partition coefficient (Wildman–Crippen LogP) is 3.25. The standard InChI is InChI=1S/C18H35N3O2/c1-19-18(20-14-8-3-4-13-17(22)23-2)21-15-9-7-12-16-10-5-6-11-16/h16H,3-15H2,1-2H3,(H2,19,20,21). The molecule has 0 amide bonds. The van der Waals surface area contributed by atoms with Gasteiger partial charge in [0.25, 0.3) is 0 Å². The van der Waals surface area contributed by atoms with Gasteiger partial charge in [-0.3, -0.25) is 9.79 Å². The molecule has 0 unspecified atom stereocenters. The average molecular weight is 325 g/mol. The lowest BCUT2D eigenvalue weighted by atomic mass is 10.0. The van der Waals surface area contributed by atoms with Crippen molar-refractivity contribution in [3.63, 3.8) is 0 Å². The van der Waals surface area contributed by atoms with Crippen LogP contribution in [0.4, 0.5) is 0 Å². The summed E-state index contributed by atoms with van der Waals surface area (Å²) in [7, 11) is 3.25. The molecule has 1 rings (SSSR count). The van der Waals surface area contributed by atoms with E-state index in [4.69, 9.17) is 0 Å². The van der Waals surface area contributed by atoms with Crippen molar-refractivity contribution in [1.82, 2.24) is 10.6 Å². The highest BCUT2D eigenvalue weighted by atomic mass is 16.5. The lowest BCUT2D eigenvalue weighted by Gasteiger charge is -2.12. The second-order valence-electron chi connectivity index (χ2n) is 6.46. The fraction of sp³-hybridized carbons (Fsp3) is 0.889. The molecule has 0 aromatic heterocycles. The normalized spacial score (nSPS) is 15.7. The Labute approximate surface area is 141 Å². The molecule has 0 atom stereocenters. The number of nitrogens with zero attached hydrogens (tertiary/aromatic N) is 1. The number of carbonyl (C=O) groups excluding carboxylic acids is 1. The summed E-state index contributed by atoms with van der Waals surface area (Å²) in [6.07, 6.45) is 13.2. The van der Waals surface area contributed by atoms with Gasteiger partial charge in [-0.15, -0.1) is 0 Å². The Morgan fingerprint density at radius 2 is 1.70 bits per heavy atom. The van der Waals surface area contributed by atoms with E-state index in [1.165, 1.54) is 52.1 Å². The van der Waals surface area contributed by atoms with Crippen molar-refractivity contribution in [2.75, 3.05) is 27.2 Å². The van der Waals surface area contributed by atoms with Gasteiger partial charge in [0.1, 0.15) is 0 Å². The van der Waals surface area contributed by atoms with E-state index < -0.39 is 0 Å². The Hall–Kier alpha value is -1.26. The molecule has 1 fully saturated rings. The lowest BCUT2D eigenvalue weighted by Crippen LogP contribution is -2.38. The first kappa shape index (κ1) is 19.8. The van der Waals surface area contributed by atoms with Crippen LogP contribution in [0.25, 0.3) is 0 Å². The molecular weight excluding hydrogens is 290 g/mol. The number of methoxy groups -OCH3 is 1. The number of unbranched alkanes of at least 4 members (excludes halogenated alkanes) is 3. The van der Waals surface area contributed by atoms with Gasteiger partial charge >= 0.3 is 5.97 Å². The Balaban J connectivity index is 1.92. The molecule has 5 nitrogen and oxygen atoms in total. The van der Waals surface area contributed by atoms with Crippen LogP contribution in [-0.4, -0.2) is 39.2 Å². The molecule has 0 saturated heterocycles. The molecule has 1 aliphatic rings. The predicted molar refractivity (Wildman–Crippen MR) is 95.7 cm³/mol. The number of hydrogen-bond donors (Lipinski definition) is 2. The van der Waals surface area contributed by atoms with Crippen molar-refractivity contribution >= 4 is 11.9 Å². The maximum absolute atomic E-state index is 11.0. The smallest absolute Gasteiger partial charge is 0.305 e. The number of carbonyl (C=O) groups is 1. The third-order valence-corrected chi connectivity index (χ3v) is 4.61. The van der Waals surface area contributed by atoms with Gasteiger partial charge in [-0.1, -0.05) is 44.9 Å². The van der Waals surface area contributed by atoms with Crippen molar-refractivity contribution in [3.8, 4) is 0 Å². The van der Waals surface area contributed by atoms with E-state index >= 15 is 0 Å². The van der Waals surface area contributed by atoms with E-state index in [1.807, 2.05) is 7.05 Å². The highest BCUT2D eigenvalue weighted by Crippen LogP contribution is 2.28. The first-order valence-electron chi connectivity index (χ1n) is 9.27. The number of guanidine groups is 1. The van der Waals surface area contributed by atoms with Gasteiger partial charge in [0.15, 0.2) is 5.96 Å². The van der Waals surface area contributed by atoms with Crippen LogP contribution in [-0.2, 0) is 9.53 Å². The molecule has 0 radical (unpaired) electrons. The fourth-order valence-corrected chi connectivity index (χ4v) is 3.16. The van der Waals surface area contributed by atoms with Crippen LogP contribution in [0.1, 0.15) is 70.6 Å². The molecule has 134 valence electrons. The molecular formula is C18H35N3O2. The molecule has 1 aliphatic carbocycles. The Kier molecular flexibility index (Phi) is 11.4. The Morgan fingerprint density at radius 3 is 2.30 bits per heavy atom. The minimum Gasteiger partial charge on any atom is -0.469 e. The van der Waals surface area contributed by atoms with E-state index in [0.29, 0.717) is 6.42 Å². The molecule has 2 N–H and O–H groups in total. The maximum Gasteiger partial charge on any atom is 0.305 e.